The van der Waals surface area contributed by atoms with Crippen molar-refractivity contribution in [2.24, 2.45) is 11.8 Å². The first kappa shape index (κ1) is 25.8. The molecule has 0 aliphatic carbocycles. The van der Waals surface area contributed by atoms with Crippen LogP contribution in [0.3, 0.4) is 0 Å². The average Bonchev–Trinajstić information content (AvgIpc) is 3.27. The van der Waals surface area contributed by atoms with Crippen LogP contribution in [0.2, 0.25) is 0 Å². The number of rotatable bonds is 5. The van der Waals surface area contributed by atoms with E-state index < -0.39 is 35.0 Å². The third-order valence-electron chi connectivity index (χ3n) is 8.60. The number of nitrogens with zero attached hydrogens (tertiary/aromatic N) is 2. The normalized spacial score (nSPS) is 33.1. The minimum absolute atomic E-state index is 0.00729. The number of hydrogen-bond donors (Lipinski definition) is 1. The molecule has 0 bridgehead atoms. The molecule has 0 radical (unpaired) electrons. The van der Waals surface area contributed by atoms with Gasteiger partial charge in [0.1, 0.15) is 17.6 Å². The molecule has 5 atom stereocenters. The fourth-order valence-corrected chi connectivity index (χ4v) is 6.84. The Hall–Kier alpha value is -3.49. The second-order valence-corrected chi connectivity index (χ2v) is 11.1. The Morgan fingerprint density at radius 3 is 2.62 bits per heavy atom. The zero-order chi connectivity index (χ0) is 27.2. The summed E-state index contributed by atoms with van der Waals surface area (Å²) in [6.45, 7) is 2.68. The first-order valence-electron chi connectivity index (χ1n) is 13.8. The predicted octanol–water partition coefficient (Wildman–Crippen LogP) is 3.38. The maximum Gasteiger partial charge on any atom is 0.313 e. The number of cyclic esters (lactones) is 1. The summed E-state index contributed by atoms with van der Waals surface area (Å²) in [4.78, 5) is 45.4. The first-order valence-corrected chi connectivity index (χ1v) is 13.8. The molecule has 2 saturated heterocycles. The molecule has 1 unspecified atom stereocenters. The highest BCUT2D eigenvalue weighted by Crippen LogP contribution is 2.57. The lowest BCUT2D eigenvalue weighted by atomic mass is 9.74. The molecule has 2 aromatic carbocycles. The van der Waals surface area contributed by atoms with E-state index in [2.05, 4.69) is 0 Å². The number of hydrogen-bond acceptors (Lipinski definition) is 6. The van der Waals surface area contributed by atoms with Crippen LogP contribution in [-0.4, -0.2) is 71.3 Å². The van der Waals surface area contributed by atoms with Gasteiger partial charge in [-0.25, -0.2) is 0 Å². The Balaban J connectivity index is 1.46. The number of amides is 2. The van der Waals surface area contributed by atoms with Crippen LogP contribution in [0, 0.1) is 11.8 Å². The molecule has 39 heavy (non-hydrogen) atoms. The van der Waals surface area contributed by atoms with Crippen molar-refractivity contribution in [2.75, 3.05) is 31.2 Å². The van der Waals surface area contributed by atoms with Gasteiger partial charge in [0.05, 0.1) is 18.1 Å². The number of allylic oxidation sites excluding steroid dienone is 1. The Bertz CT molecular complexity index is 1370. The van der Waals surface area contributed by atoms with E-state index in [1.54, 1.807) is 9.80 Å². The van der Waals surface area contributed by atoms with Crippen LogP contribution in [0.15, 0.2) is 66.8 Å². The smallest absolute Gasteiger partial charge is 0.313 e. The van der Waals surface area contributed by atoms with Gasteiger partial charge in [0.15, 0.2) is 0 Å². The molecule has 8 heteroatoms. The van der Waals surface area contributed by atoms with Gasteiger partial charge in [-0.15, -0.1) is 0 Å². The van der Waals surface area contributed by atoms with Gasteiger partial charge in [-0.2, -0.15) is 0 Å². The zero-order valence-electron chi connectivity index (χ0n) is 22.1. The van der Waals surface area contributed by atoms with Crippen LogP contribution < -0.4 is 4.90 Å². The van der Waals surface area contributed by atoms with Crippen molar-refractivity contribution in [3.63, 3.8) is 0 Å². The van der Waals surface area contributed by atoms with Crippen LogP contribution in [0.4, 0.5) is 5.69 Å². The molecular formula is C31H34N2O6. The predicted molar refractivity (Wildman–Crippen MR) is 146 cm³/mol. The van der Waals surface area contributed by atoms with Gasteiger partial charge in [0.25, 0.3) is 5.91 Å². The topological polar surface area (TPSA) is 96.4 Å². The number of ether oxygens (including phenoxy) is 2. The number of fused-ring (bicyclic) bond motifs is 3. The molecule has 6 rings (SSSR count). The monoisotopic (exact) mass is 530 g/mol. The minimum atomic E-state index is -1.32. The molecule has 0 saturated carbocycles. The van der Waals surface area contributed by atoms with Gasteiger partial charge in [-0.3, -0.25) is 14.4 Å². The average molecular weight is 531 g/mol. The van der Waals surface area contributed by atoms with E-state index in [1.807, 2.05) is 73.7 Å². The highest BCUT2D eigenvalue weighted by atomic mass is 16.6. The Labute approximate surface area is 227 Å². The summed E-state index contributed by atoms with van der Waals surface area (Å²) in [5, 5.41) is 11.5. The Morgan fingerprint density at radius 1 is 0.974 bits per heavy atom. The fourth-order valence-electron chi connectivity index (χ4n) is 6.84. The summed E-state index contributed by atoms with van der Waals surface area (Å²) >= 11 is 0. The summed E-state index contributed by atoms with van der Waals surface area (Å²) in [6, 6.07) is 12.9. The van der Waals surface area contributed by atoms with Crippen LogP contribution in [0.1, 0.15) is 32.6 Å². The standard InChI is InChI=1S/C31H34N2O6/c1-30-14-5-2-8-19-38-29(37)25(30)24-27(35)33(16-6-7-18-34)26-28(36)32(17-9-15-31(24,26)39-30)23-13-12-21-10-3-4-11-22(21)20-23/h3-5,9-15,20,24-26,34H,2,6-8,16-19H2,1H3/b14-5-/t24-,25+,26?,30-,31-/m0/s1. The van der Waals surface area contributed by atoms with Gasteiger partial charge < -0.3 is 24.4 Å². The quantitative estimate of drug-likeness (QED) is 0.362. The number of anilines is 1. The van der Waals surface area contributed by atoms with Crippen LogP contribution in [0.25, 0.3) is 10.8 Å². The van der Waals surface area contributed by atoms with Crippen molar-refractivity contribution in [3.05, 3.63) is 66.8 Å². The zero-order valence-corrected chi connectivity index (χ0v) is 22.1. The molecule has 1 N–H and O–H groups in total. The van der Waals surface area contributed by atoms with E-state index in [4.69, 9.17) is 9.47 Å². The number of likely N-dealkylation sites (tertiary alicyclic amines) is 1. The fraction of sp³-hybridized carbons (Fsp3) is 0.452. The second kappa shape index (κ2) is 9.92. The maximum absolute atomic E-state index is 14.5. The number of carbonyl (C=O) groups excluding carboxylic acids is 3. The SMILES string of the molecule is C[C@]12/C=C\CCCOC(=O)[C@H]1[C@H]1C(=O)N(CCCCO)C3C(=O)N(c4ccc5ccccc5c4)CC=C[C@@]31O2. The van der Waals surface area contributed by atoms with Crippen molar-refractivity contribution in [2.45, 2.75) is 49.9 Å². The number of aliphatic hydroxyl groups excluding tert-OH is 1. The molecule has 2 fully saturated rings. The summed E-state index contributed by atoms with van der Waals surface area (Å²) < 4.78 is 12.4. The molecule has 0 aromatic heterocycles. The molecule has 2 aromatic rings. The van der Waals surface area contributed by atoms with E-state index in [-0.39, 0.29) is 31.6 Å². The summed E-state index contributed by atoms with van der Waals surface area (Å²) in [7, 11) is 0. The number of unbranched alkanes of at least 4 members (excludes halogenated alkanes) is 1. The molecule has 204 valence electrons. The van der Waals surface area contributed by atoms with Crippen molar-refractivity contribution in [1.29, 1.82) is 0 Å². The van der Waals surface area contributed by atoms with E-state index in [1.165, 1.54) is 0 Å². The van der Waals surface area contributed by atoms with Gasteiger partial charge in [0, 0.05) is 25.4 Å². The lowest BCUT2D eigenvalue weighted by Gasteiger charge is -2.37. The Morgan fingerprint density at radius 2 is 1.79 bits per heavy atom. The largest absolute Gasteiger partial charge is 0.465 e. The van der Waals surface area contributed by atoms with Crippen molar-refractivity contribution in [1.82, 2.24) is 4.90 Å². The number of aliphatic hydroxyl groups is 1. The maximum atomic E-state index is 14.5. The van der Waals surface area contributed by atoms with E-state index in [9.17, 15) is 19.5 Å². The van der Waals surface area contributed by atoms with Crippen molar-refractivity contribution < 1.29 is 29.0 Å². The highest BCUT2D eigenvalue weighted by Gasteiger charge is 2.74. The van der Waals surface area contributed by atoms with Gasteiger partial charge >= 0.3 is 5.97 Å². The summed E-state index contributed by atoms with van der Waals surface area (Å²) in [5.74, 6) is -2.77. The van der Waals surface area contributed by atoms with Crippen LogP contribution in [-0.2, 0) is 23.9 Å². The Kier molecular flexibility index (Phi) is 6.55. The lowest BCUT2D eigenvalue weighted by Crippen LogP contribution is -2.56. The molecule has 4 aliphatic heterocycles. The van der Waals surface area contributed by atoms with Gasteiger partial charge in [-0.1, -0.05) is 54.6 Å². The molecule has 8 nitrogen and oxygen atoms in total. The molecule has 2 amide bonds. The summed E-state index contributed by atoms with van der Waals surface area (Å²) in [6.07, 6.45) is 10.0. The summed E-state index contributed by atoms with van der Waals surface area (Å²) in [5.41, 5.74) is -1.68. The number of esters is 1. The number of benzene rings is 2. The van der Waals surface area contributed by atoms with Crippen LogP contribution in [0.5, 0.6) is 0 Å². The second-order valence-electron chi connectivity index (χ2n) is 11.1. The molecule has 4 aliphatic rings. The molecule has 4 heterocycles. The first-order chi connectivity index (χ1) is 18.9. The van der Waals surface area contributed by atoms with Crippen molar-refractivity contribution in [3.8, 4) is 0 Å². The van der Waals surface area contributed by atoms with E-state index in [0.29, 0.717) is 25.8 Å². The van der Waals surface area contributed by atoms with Gasteiger partial charge in [0.2, 0.25) is 5.91 Å². The third-order valence-corrected chi connectivity index (χ3v) is 8.60. The lowest BCUT2D eigenvalue weighted by molar-refractivity contribution is -0.158. The van der Waals surface area contributed by atoms with E-state index >= 15 is 0 Å². The third kappa shape index (κ3) is 4.08. The van der Waals surface area contributed by atoms with Crippen LogP contribution >= 0.6 is 0 Å². The van der Waals surface area contributed by atoms with E-state index in [0.717, 1.165) is 22.9 Å². The molecule has 1 spiro atoms. The highest BCUT2D eigenvalue weighted by molar-refractivity contribution is 6.06. The minimum Gasteiger partial charge on any atom is -0.465 e. The van der Waals surface area contributed by atoms with Crippen molar-refractivity contribution >= 4 is 34.2 Å². The van der Waals surface area contributed by atoms with Gasteiger partial charge in [-0.05, 0) is 55.5 Å². The number of carbonyl (C=O) groups is 3. The molecular weight excluding hydrogens is 496 g/mol.